The van der Waals surface area contributed by atoms with Crippen molar-refractivity contribution in [2.45, 2.75) is 20.3 Å². The van der Waals surface area contributed by atoms with Gasteiger partial charge in [0.15, 0.2) is 0 Å². The lowest BCUT2D eigenvalue weighted by Gasteiger charge is -2.25. The molecule has 3 heteroatoms. The Morgan fingerprint density at radius 3 is 2.63 bits per heavy atom. The maximum atomic E-state index is 12.5. The Kier molecular flexibility index (Phi) is 4.97. The number of carbonyl (C=O) groups is 1. The van der Waals surface area contributed by atoms with Crippen molar-refractivity contribution < 1.29 is 4.79 Å². The number of amides is 1. The predicted octanol–water partition coefficient (Wildman–Crippen LogP) is 1.93. The number of benzene rings is 1. The second-order valence-corrected chi connectivity index (χ2v) is 5.40. The van der Waals surface area contributed by atoms with Crippen molar-refractivity contribution in [2.75, 3.05) is 26.2 Å². The van der Waals surface area contributed by atoms with Gasteiger partial charge in [0, 0.05) is 19.6 Å². The fourth-order valence-corrected chi connectivity index (χ4v) is 2.71. The summed E-state index contributed by atoms with van der Waals surface area (Å²) in [7, 11) is 0. The smallest absolute Gasteiger partial charge is 0.227 e. The SMILES string of the molecule is CCN(CCc1ccccc1)C(=O)C1CNCC1C. The van der Waals surface area contributed by atoms with Crippen LogP contribution in [-0.2, 0) is 11.2 Å². The Hall–Kier alpha value is -1.35. The number of hydrogen-bond donors (Lipinski definition) is 1. The van der Waals surface area contributed by atoms with E-state index in [1.165, 1.54) is 5.56 Å². The Morgan fingerprint density at radius 2 is 2.05 bits per heavy atom. The normalized spacial score (nSPS) is 22.4. The summed E-state index contributed by atoms with van der Waals surface area (Å²) in [4.78, 5) is 14.5. The Balaban J connectivity index is 1.91. The highest BCUT2D eigenvalue weighted by Gasteiger charge is 2.32. The molecule has 0 radical (unpaired) electrons. The predicted molar refractivity (Wildman–Crippen MR) is 77.9 cm³/mol. The third-order valence-electron chi connectivity index (χ3n) is 4.04. The summed E-state index contributed by atoms with van der Waals surface area (Å²) in [5.41, 5.74) is 1.30. The van der Waals surface area contributed by atoms with Gasteiger partial charge in [-0.25, -0.2) is 0 Å². The Labute approximate surface area is 116 Å². The van der Waals surface area contributed by atoms with Crippen molar-refractivity contribution in [3.8, 4) is 0 Å². The van der Waals surface area contributed by atoms with E-state index in [4.69, 9.17) is 0 Å². The summed E-state index contributed by atoms with van der Waals surface area (Å²) in [5, 5.41) is 3.31. The van der Waals surface area contributed by atoms with Crippen LogP contribution < -0.4 is 5.32 Å². The van der Waals surface area contributed by atoms with E-state index in [0.717, 1.165) is 32.6 Å². The molecule has 1 heterocycles. The molecule has 0 aromatic heterocycles. The highest BCUT2D eigenvalue weighted by molar-refractivity contribution is 5.79. The molecule has 0 bridgehead atoms. The first kappa shape index (κ1) is 14.1. The molecule has 1 amide bonds. The largest absolute Gasteiger partial charge is 0.342 e. The summed E-state index contributed by atoms with van der Waals surface area (Å²) in [6.07, 6.45) is 0.939. The van der Waals surface area contributed by atoms with Crippen molar-refractivity contribution in [2.24, 2.45) is 11.8 Å². The molecule has 1 aromatic rings. The fourth-order valence-electron chi connectivity index (χ4n) is 2.71. The first-order chi connectivity index (χ1) is 9.22. The molecule has 1 fully saturated rings. The summed E-state index contributed by atoms with van der Waals surface area (Å²) in [6.45, 7) is 7.65. The average molecular weight is 260 g/mol. The quantitative estimate of drug-likeness (QED) is 0.877. The number of likely N-dealkylation sites (N-methyl/N-ethyl adjacent to an activating group) is 1. The second-order valence-electron chi connectivity index (χ2n) is 5.40. The van der Waals surface area contributed by atoms with E-state index in [0.29, 0.717) is 11.8 Å². The summed E-state index contributed by atoms with van der Waals surface area (Å²) >= 11 is 0. The first-order valence-corrected chi connectivity index (χ1v) is 7.25. The number of nitrogens with zero attached hydrogens (tertiary/aromatic N) is 1. The highest BCUT2D eigenvalue weighted by Crippen LogP contribution is 2.18. The van der Waals surface area contributed by atoms with Crippen molar-refractivity contribution in [3.05, 3.63) is 35.9 Å². The monoisotopic (exact) mass is 260 g/mol. The van der Waals surface area contributed by atoms with Gasteiger partial charge in [0.25, 0.3) is 0 Å². The Bertz CT molecular complexity index is 404. The van der Waals surface area contributed by atoms with Crippen LogP contribution in [0.25, 0.3) is 0 Å². The third kappa shape index (κ3) is 3.57. The fraction of sp³-hybridized carbons (Fsp3) is 0.562. The van der Waals surface area contributed by atoms with Crippen LogP contribution in [0.4, 0.5) is 0 Å². The van der Waals surface area contributed by atoms with Crippen LogP contribution in [0, 0.1) is 11.8 Å². The molecule has 1 saturated heterocycles. The minimum Gasteiger partial charge on any atom is -0.342 e. The molecule has 0 saturated carbocycles. The zero-order chi connectivity index (χ0) is 13.7. The molecular formula is C16H24N2O. The standard InChI is InChI=1S/C16H24N2O/c1-3-18(10-9-14-7-5-4-6-8-14)16(19)15-12-17-11-13(15)2/h4-8,13,15,17H,3,9-12H2,1-2H3. The first-order valence-electron chi connectivity index (χ1n) is 7.25. The van der Waals surface area contributed by atoms with Gasteiger partial charge in [0.05, 0.1) is 5.92 Å². The lowest BCUT2D eigenvalue weighted by molar-refractivity contribution is -0.135. The van der Waals surface area contributed by atoms with Gasteiger partial charge in [-0.15, -0.1) is 0 Å². The summed E-state index contributed by atoms with van der Waals surface area (Å²) in [5.74, 6) is 0.935. The van der Waals surface area contributed by atoms with Gasteiger partial charge in [0.2, 0.25) is 5.91 Å². The van der Waals surface area contributed by atoms with Crippen LogP contribution in [0.1, 0.15) is 19.4 Å². The number of rotatable bonds is 5. The maximum Gasteiger partial charge on any atom is 0.227 e. The van der Waals surface area contributed by atoms with E-state index in [1.807, 2.05) is 11.0 Å². The second kappa shape index (κ2) is 6.71. The molecule has 1 aliphatic rings. The molecule has 3 nitrogen and oxygen atoms in total. The van der Waals surface area contributed by atoms with Crippen LogP contribution >= 0.6 is 0 Å². The lowest BCUT2D eigenvalue weighted by atomic mass is 9.96. The van der Waals surface area contributed by atoms with E-state index in [2.05, 4.69) is 43.4 Å². The van der Waals surface area contributed by atoms with E-state index >= 15 is 0 Å². The van der Waals surface area contributed by atoms with E-state index in [9.17, 15) is 4.79 Å². The van der Waals surface area contributed by atoms with Crippen molar-refractivity contribution >= 4 is 5.91 Å². The number of nitrogens with one attached hydrogen (secondary N) is 1. The molecule has 19 heavy (non-hydrogen) atoms. The van der Waals surface area contributed by atoms with Crippen molar-refractivity contribution in [3.63, 3.8) is 0 Å². The minimum atomic E-state index is 0.163. The van der Waals surface area contributed by atoms with Gasteiger partial charge in [0.1, 0.15) is 0 Å². The number of carbonyl (C=O) groups excluding carboxylic acids is 1. The average Bonchev–Trinajstić information content (AvgIpc) is 2.86. The van der Waals surface area contributed by atoms with Gasteiger partial charge in [-0.3, -0.25) is 4.79 Å². The molecule has 1 aliphatic heterocycles. The van der Waals surface area contributed by atoms with E-state index in [-0.39, 0.29) is 5.92 Å². The third-order valence-corrected chi connectivity index (χ3v) is 4.04. The van der Waals surface area contributed by atoms with Crippen molar-refractivity contribution in [1.82, 2.24) is 10.2 Å². The van der Waals surface area contributed by atoms with E-state index < -0.39 is 0 Å². The van der Waals surface area contributed by atoms with Crippen molar-refractivity contribution in [1.29, 1.82) is 0 Å². The van der Waals surface area contributed by atoms with Crippen LogP contribution in [0.5, 0.6) is 0 Å². The number of hydrogen-bond acceptors (Lipinski definition) is 2. The van der Waals surface area contributed by atoms with E-state index in [1.54, 1.807) is 0 Å². The van der Waals surface area contributed by atoms with Gasteiger partial charge in [-0.05, 0) is 31.4 Å². The molecule has 1 aromatic carbocycles. The molecular weight excluding hydrogens is 236 g/mol. The molecule has 1 N–H and O–H groups in total. The Morgan fingerprint density at radius 1 is 1.32 bits per heavy atom. The van der Waals surface area contributed by atoms with Gasteiger partial charge in [-0.1, -0.05) is 37.3 Å². The van der Waals surface area contributed by atoms with Gasteiger partial charge >= 0.3 is 0 Å². The summed E-state index contributed by atoms with van der Waals surface area (Å²) in [6, 6.07) is 10.4. The van der Waals surface area contributed by atoms with Crippen LogP contribution in [0.15, 0.2) is 30.3 Å². The molecule has 2 rings (SSSR count). The zero-order valence-electron chi connectivity index (χ0n) is 11.9. The molecule has 104 valence electrons. The zero-order valence-corrected chi connectivity index (χ0v) is 11.9. The molecule has 2 atom stereocenters. The minimum absolute atomic E-state index is 0.163. The summed E-state index contributed by atoms with van der Waals surface area (Å²) < 4.78 is 0. The van der Waals surface area contributed by atoms with Crippen LogP contribution in [0.3, 0.4) is 0 Å². The maximum absolute atomic E-state index is 12.5. The topological polar surface area (TPSA) is 32.3 Å². The van der Waals surface area contributed by atoms with Crippen LogP contribution in [0.2, 0.25) is 0 Å². The van der Waals surface area contributed by atoms with Gasteiger partial charge < -0.3 is 10.2 Å². The highest BCUT2D eigenvalue weighted by atomic mass is 16.2. The van der Waals surface area contributed by atoms with Gasteiger partial charge in [-0.2, -0.15) is 0 Å². The molecule has 0 spiro atoms. The lowest BCUT2D eigenvalue weighted by Crippen LogP contribution is -2.39. The molecule has 0 aliphatic carbocycles. The molecule has 2 unspecified atom stereocenters. The van der Waals surface area contributed by atoms with Crippen LogP contribution in [-0.4, -0.2) is 37.0 Å².